The van der Waals surface area contributed by atoms with Crippen LogP contribution in [0.2, 0.25) is 0 Å². The minimum absolute atomic E-state index is 0.217. The zero-order valence-electron chi connectivity index (χ0n) is 9.00. The van der Waals surface area contributed by atoms with E-state index in [1.54, 1.807) is 0 Å². The SMILES string of the molecule is CC1CCC(CC2(CN)CCOC2)O1. The molecule has 0 amide bonds. The van der Waals surface area contributed by atoms with Crippen molar-refractivity contribution in [2.45, 2.75) is 44.8 Å². The summed E-state index contributed by atoms with van der Waals surface area (Å²) in [6.45, 7) is 4.60. The molecule has 2 aliphatic heterocycles. The topological polar surface area (TPSA) is 44.5 Å². The Bertz CT molecular complexity index is 190. The van der Waals surface area contributed by atoms with E-state index in [4.69, 9.17) is 15.2 Å². The monoisotopic (exact) mass is 199 g/mol. The Kier molecular flexibility index (Phi) is 3.10. The van der Waals surface area contributed by atoms with Crippen molar-refractivity contribution in [3.8, 4) is 0 Å². The number of hydrogen-bond acceptors (Lipinski definition) is 3. The fourth-order valence-corrected chi connectivity index (χ4v) is 2.57. The molecule has 2 aliphatic rings. The first-order valence-electron chi connectivity index (χ1n) is 5.67. The van der Waals surface area contributed by atoms with Gasteiger partial charge in [0.25, 0.3) is 0 Å². The van der Waals surface area contributed by atoms with Crippen molar-refractivity contribution in [1.29, 1.82) is 0 Å². The van der Waals surface area contributed by atoms with E-state index >= 15 is 0 Å². The van der Waals surface area contributed by atoms with Crippen molar-refractivity contribution in [3.63, 3.8) is 0 Å². The maximum Gasteiger partial charge on any atom is 0.0586 e. The summed E-state index contributed by atoms with van der Waals surface area (Å²) in [4.78, 5) is 0. The molecule has 3 unspecified atom stereocenters. The Labute approximate surface area is 85.9 Å². The van der Waals surface area contributed by atoms with Crippen LogP contribution < -0.4 is 5.73 Å². The molecule has 14 heavy (non-hydrogen) atoms. The quantitative estimate of drug-likeness (QED) is 0.745. The van der Waals surface area contributed by atoms with E-state index in [0.717, 1.165) is 32.6 Å². The van der Waals surface area contributed by atoms with Gasteiger partial charge in [-0.1, -0.05) is 0 Å². The van der Waals surface area contributed by atoms with Gasteiger partial charge in [0, 0.05) is 18.6 Å². The van der Waals surface area contributed by atoms with E-state index in [0.29, 0.717) is 12.2 Å². The third kappa shape index (κ3) is 2.10. The fourth-order valence-electron chi connectivity index (χ4n) is 2.57. The molecule has 0 aliphatic carbocycles. The first-order valence-corrected chi connectivity index (χ1v) is 5.67. The lowest BCUT2D eigenvalue weighted by atomic mass is 9.81. The summed E-state index contributed by atoms with van der Waals surface area (Å²) in [6, 6.07) is 0. The molecular formula is C11H21NO2. The van der Waals surface area contributed by atoms with E-state index < -0.39 is 0 Å². The average molecular weight is 199 g/mol. The van der Waals surface area contributed by atoms with Crippen LogP contribution in [-0.2, 0) is 9.47 Å². The van der Waals surface area contributed by atoms with Gasteiger partial charge >= 0.3 is 0 Å². The van der Waals surface area contributed by atoms with Crippen LogP contribution in [0.5, 0.6) is 0 Å². The van der Waals surface area contributed by atoms with E-state index in [-0.39, 0.29) is 5.41 Å². The second-order valence-corrected chi connectivity index (χ2v) is 4.86. The first kappa shape index (κ1) is 10.4. The minimum atomic E-state index is 0.217. The normalized spacial score (nSPS) is 43.3. The second-order valence-electron chi connectivity index (χ2n) is 4.86. The summed E-state index contributed by atoms with van der Waals surface area (Å²) in [5, 5.41) is 0. The van der Waals surface area contributed by atoms with E-state index in [1.165, 1.54) is 12.8 Å². The molecule has 3 atom stereocenters. The molecule has 3 heteroatoms. The second kappa shape index (κ2) is 4.17. The van der Waals surface area contributed by atoms with Crippen molar-refractivity contribution in [2.75, 3.05) is 19.8 Å². The highest BCUT2D eigenvalue weighted by Gasteiger charge is 2.37. The molecule has 0 radical (unpaired) electrons. The standard InChI is InChI=1S/C11H21NO2/c1-9-2-3-10(14-9)6-11(7-12)4-5-13-8-11/h9-10H,2-8,12H2,1H3. The number of rotatable bonds is 3. The van der Waals surface area contributed by atoms with Gasteiger partial charge in [-0.2, -0.15) is 0 Å². The van der Waals surface area contributed by atoms with Gasteiger partial charge in [0.2, 0.25) is 0 Å². The Morgan fingerprint density at radius 2 is 2.29 bits per heavy atom. The first-order chi connectivity index (χ1) is 6.74. The van der Waals surface area contributed by atoms with Gasteiger partial charge in [0.1, 0.15) is 0 Å². The molecule has 2 heterocycles. The minimum Gasteiger partial charge on any atom is -0.381 e. The number of nitrogens with two attached hydrogens (primary N) is 1. The summed E-state index contributed by atoms with van der Waals surface area (Å²) < 4.78 is 11.3. The summed E-state index contributed by atoms with van der Waals surface area (Å²) in [6.07, 6.45) is 5.47. The average Bonchev–Trinajstić information content (AvgIpc) is 2.77. The smallest absolute Gasteiger partial charge is 0.0586 e. The van der Waals surface area contributed by atoms with Crippen LogP contribution in [0.4, 0.5) is 0 Å². The summed E-state index contributed by atoms with van der Waals surface area (Å²) in [5.41, 5.74) is 6.06. The molecule has 0 bridgehead atoms. The van der Waals surface area contributed by atoms with Crippen molar-refractivity contribution in [2.24, 2.45) is 11.1 Å². The molecule has 3 nitrogen and oxygen atoms in total. The van der Waals surface area contributed by atoms with Crippen LogP contribution in [0.25, 0.3) is 0 Å². The maximum absolute atomic E-state index is 5.85. The van der Waals surface area contributed by atoms with Crippen LogP contribution in [0.3, 0.4) is 0 Å². The predicted molar refractivity (Wildman–Crippen MR) is 55.1 cm³/mol. The molecule has 82 valence electrons. The van der Waals surface area contributed by atoms with Gasteiger partial charge in [-0.15, -0.1) is 0 Å². The zero-order valence-corrected chi connectivity index (χ0v) is 9.00. The lowest BCUT2D eigenvalue weighted by Crippen LogP contribution is -2.34. The highest BCUT2D eigenvalue weighted by atomic mass is 16.5. The third-order valence-corrected chi connectivity index (χ3v) is 3.60. The summed E-state index contributed by atoms with van der Waals surface area (Å²) in [5.74, 6) is 0. The van der Waals surface area contributed by atoms with Crippen molar-refractivity contribution >= 4 is 0 Å². The molecule has 2 N–H and O–H groups in total. The van der Waals surface area contributed by atoms with Crippen LogP contribution in [0, 0.1) is 5.41 Å². The molecule has 2 saturated heterocycles. The zero-order chi connectivity index (χ0) is 10.0. The third-order valence-electron chi connectivity index (χ3n) is 3.60. The Hall–Kier alpha value is -0.120. The van der Waals surface area contributed by atoms with Gasteiger partial charge in [-0.3, -0.25) is 0 Å². The molecule has 0 saturated carbocycles. The van der Waals surface area contributed by atoms with Gasteiger partial charge in [-0.05, 0) is 32.6 Å². The molecular weight excluding hydrogens is 178 g/mol. The van der Waals surface area contributed by atoms with Crippen LogP contribution >= 0.6 is 0 Å². The number of ether oxygens (including phenoxy) is 2. The molecule has 2 rings (SSSR count). The van der Waals surface area contributed by atoms with E-state index in [9.17, 15) is 0 Å². The Morgan fingerprint density at radius 1 is 1.43 bits per heavy atom. The number of hydrogen-bond donors (Lipinski definition) is 1. The summed E-state index contributed by atoms with van der Waals surface area (Å²) >= 11 is 0. The molecule has 0 spiro atoms. The summed E-state index contributed by atoms with van der Waals surface area (Å²) in [7, 11) is 0. The molecule has 0 aromatic rings. The fraction of sp³-hybridized carbons (Fsp3) is 1.00. The molecule has 0 aromatic carbocycles. The highest BCUT2D eigenvalue weighted by molar-refractivity contribution is 4.88. The van der Waals surface area contributed by atoms with Crippen molar-refractivity contribution < 1.29 is 9.47 Å². The molecule has 2 fully saturated rings. The largest absolute Gasteiger partial charge is 0.381 e. The lowest BCUT2D eigenvalue weighted by Gasteiger charge is -2.28. The lowest BCUT2D eigenvalue weighted by molar-refractivity contribution is 0.0197. The van der Waals surface area contributed by atoms with Gasteiger partial charge < -0.3 is 15.2 Å². The van der Waals surface area contributed by atoms with Gasteiger partial charge in [0.15, 0.2) is 0 Å². The Morgan fingerprint density at radius 3 is 2.79 bits per heavy atom. The van der Waals surface area contributed by atoms with Gasteiger partial charge in [-0.25, -0.2) is 0 Å². The van der Waals surface area contributed by atoms with Crippen molar-refractivity contribution in [3.05, 3.63) is 0 Å². The predicted octanol–water partition coefficient (Wildman–Crippen LogP) is 1.31. The van der Waals surface area contributed by atoms with Crippen LogP contribution in [0.15, 0.2) is 0 Å². The van der Waals surface area contributed by atoms with Crippen LogP contribution in [-0.4, -0.2) is 32.0 Å². The highest BCUT2D eigenvalue weighted by Crippen LogP contribution is 2.36. The van der Waals surface area contributed by atoms with Gasteiger partial charge in [0.05, 0.1) is 18.8 Å². The van der Waals surface area contributed by atoms with E-state index in [2.05, 4.69) is 6.92 Å². The molecule has 0 aromatic heterocycles. The van der Waals surface area contributed by atoms with Crippen LogP contribution in [0.1, 0.15) is 32.6 Å². The van der Waals surface area contributed by atoms with Crippen molar-refractivity contribution in [1.82, 2.24) is 0 Å². The maximum atomic E-state index is 5.85. The Balaban J connectivity index is 1.88. The van der Waals surface area contributed by atoms with E-state index in [1.807, 2.05) is 0 Å².